The molecule has 1 aromatic heterocycles. The summed E-state index contributed by atoms with van der Waals surface area (Å²) in [6.45, 7) is 2.04. The van der Waals surface area contributed by atoms with Gasteiger partial charge >= 0.3 is 5.63 Å². The van der Waals surface area contributed by atoms with Crippen molar-refractivity contribution in [1.82, 2.24) is 0 Å². The van der Waals surface area contributed by atoms with E-state index in [0.717, 1.165) is 9.13 Å². The van der Waals surface area contributed by atoms with E-state index >= 15 is 0 Å². The minimum Gasteiger partial charge on any atom is -0.487 e. The van der Waals surface area contributed by atoms with Crippen LogP contribution in [0.2, 0.25) is 5.02 Å². The number of rotatable bonds is 3. The zero-order chi connectivity index (χ0) is 13.1. The fourth-order valence-corrected chi connectivity index (χ4v) is 2.14. The summed E-state index contributed by atoms with van der Waals surface area (Å²) < 4.78 is 11.5. The van der Waals surface area contributed by atoms with Crippen molar-refractivity contribution in [1.29, 1.82) is 0 Å². The molecule has 1 aromatic carbocycles. The predicted molar refractivity (Wildman–Crippen MR) is 78.2 cm³/mol. The number of benzene rings is 1. The molecule has 0 aliphatic carbocycles. The maximum atomic E-state index is 11.4. The van der Waals surface area contributed by atoms with Crippen LogP contribution in [0.3, 0.4) is 0 Å². The summed E-state index contributed by atoms with van der Waals surface area (Å²) in [7, 11) is 0. The molecule has 0 saturated carbocycles. The van der Waals surface area contributed by atoms with Crippen LogP contribution in [-0.2, 0) is 6.61 Å². The number of hydrogen-bond acceptors (Lipinski definition) is 3. The molecular weight excluding hydrogens is 366 g/mol. The van der Waals surface area contributed by atoms with Crippen molar-refractivity contribution >= 4 is 34.2 Å². The van der Waals surface area contributed by atoms with Crippen molar-refractivity contribution in [2.75, 3.05) is 0 Å². The second-order valence-electron chi connectivity index (χ2n) is 3.70. The Kier molecular flexibility index (Phi) is 4.29. The summed E-state index contributed by atoms with van der Waals surface area (Å²) in [5.74, 6) is 0.826. The van der Waals surface area contributed by atoms with Crippen LogP contribution in [0, 0.1) is 10.5 Å². The lowest BCUT2D eigenvalue weighted by molar-refractivity contribution is 0.299. The van der Waals surface area contributed by atoms with Gasteiger partial charge in [0.2, 0.25) is 0 Å². The summed E-state index contributed by atoms with van der Waals surface area (Å²) in [6, 6.07) is 9.46. The maximum Gasteiger partial charge on any atom is 0.358 e. The van der Waals surface area contributed by atoms with Crippen LogP contribution in [0.4, 0.5) is 0 Å². The van der Waals surface area contributed by atoms with E-state index < -0.39 is 5.63 Å². The molecule has 0 spiro atoms. The molecule has 2 rings (SSSR count). The Morgan fingerprint density at radius 3 is 2.83 bits per heavy atom. The lowest BCUT2D eigenvalue weighted by Crippen LogP contribution is -2.05. The lowest BCUT2D eigenvalue weighted by Gasteiger charge is -2.09. The molecule has 18 heavy (non-hydrogen) atoms. The summed E-state index contributed by atoms with van der Waals surface area (Å²) in [5.41, 5.74) is 0.467. The van der Waals surface area contributed by atoms with Gasteiger partial charge in [-0.15, -0.1) is 0 Å². The molecule has 0 N–H and O–H groups in total. The van der Waals surface area contributed by atoms with E-state index in [1.807, 2.05) is 24.3 Å². The molecule has 0 saturated heterocycles. The highest BCUT2D eigenvalue weighted by Crippen LogP contribution is 2.23. The van der Waals surface area contributed by atoms with Gasteiger partial charge in [-0.1, -0.05) is 29.8 Å². The van der Waals surface area contributed by atoms with Gasteiger partial charge in [0, 0.05) is 15.2 Å². The molecular formula is C13H10ClIO3. The van der Waals surface area contributed by atoms with Crippen LogP contribution >= 0.6 is 34.2 Å². The Hall–Kier alpha value is -1.01. The molecule has 0 amide bonds. The van der Waals surface area contributed by atoms with E-state index in [4.69, 9.17) is 20.8 Å². The van der Waals surface area contributed by atoms with Crippen molar-refractivity contribution in [3.63, 3.8) is 0 Å². The van der Waals surface area contributed by atoms with Crippen LogP contribution in [0.1, 0.15) is 11.3 Å². The highest BCUT2D eigenvalue weighted by atomic mass is 127. The Labute approximate surface area is 123 Å². The van der Waals surface area contributed by atoms with Gasteiger partial charge in [0.05, 0.1) is 0 Å². The summed E-state index contributed by atoms with van der Waals surface area (Å²) in [5, 5.41) is -0.0217. The van der Waals surface area contributed by atoms with Crippen LogP contribution < -0.4 is 10.4 Å². The first-order valence-corrected chi connectivity index (χ1v) is 6.70. The third-order valence-corrected chi connectivity index (χ3v) is 3.72. The van der Waals surface area contributed by atoms with Crippen molar-refractivity contribution in [3.05, 3.63) is 60.7 Å². The smallest absolute Gasteiger partial charge is 0.358 e. The normalized spacial score (nSPS) is 10.4. The zero-order valence-electron chi connectivity index (χ0n) is 9.57. The number of aryl methyl sites for hydroxylation is 1. The zero-order valence-corrected chi connectivity index (χ0v) is 12.5. The lowest BCUT2D eigenvalue weighted by atomic mass is 10.2. The molecule has 94 valence electrons. The minimum atomic E-state index is -0.575. The summed E-state index contributed by atoms with van der Waals surface area (Å²) in [4.78, 5) is 11.4. The van der Waals surface area contributed by atoms with Crippen LogP contribution in [0.25, 0.3) is 0 Å². The SMILES string of the molecule is Cc1cc(OCc2ccccc2I)c(Cl)c(=O)o1. The van der Waals surface area contributed by atoms with E-state index in [1.165, 1.54) is 0 Å². The van der Waals surface area contributed by atoms with Gasteiger partial charge in [0.15, 0.2) is 5.02 Å². The molecule has 0 aliphatic rings. The Morgan fingerprint density at radius 1 is 1.39 bits per heavy atom. The molecule has 0 fully saturated rings. The first kappa shape index (κ1) is 13.4. The van der Waals surface area contributed by atoms with Crippen molar-refractivity contribution in [2.24, 2.45) is 0 Å². The van der Waals surface area contributed by atoms with E-state index in [1.54, 1.807) is 13.0 Å². The number of halogens is 2. The van der Waals surface area contributed by atoms with Crippen molar-refractivity contribution in [3.8, 4) is 5.75 Å². The van der Waals surface area contributed by atoms with Gasteiger partial charge in [-0.25, -0.2) is 4.79 Å². The average molecular weight is 377 g/mol. The van der Waals surface area contributed by atoms with Crippen molar-refractivity contribution < 1.29 is 9.15 Å². The maximum absolute atomic E-state index is 11.4. The van der Waals surface area contributed by atoms with E-state index in [0.29, 0.717) is 18.1 Å². The molecule has 0 unspecified atom stereocenters. The quantitative estimate of drug-likeness (QED) is 0.765. The van der Waals surface area contributed by atoms with E-state index in [2.05, 4.69) is 22.6 Å². The van der Waals surface area contributed by atoms with E-state index in [-0.39, 0.29) is 5.02 Å². The van der Waals surface area contributed by atoms with Gasteiger partial charge in [-0.05, 0) is 35.6 Å². The monoisotopic (exact) mass is 376 g/mol. The van der Waals surface area contributed by atoms with Crippen LogP contribution in [0.5, 0.6) is 5.75 Å². The second kappa shape index (κ2) is 5.75. The molecule has 0 radical (unpaired) electrons. The molecule has 0 aliphatic heterocycles. The molecule has 0 bridgehead atoms. The van der Waals surface area contributed by atoms with Gasteiger partial charge in [0.1, 0.15) is 18.1 Å². The number of hydrogen-bond donors (Lipinski definition) is 0. The summed E-state index contributed by atoms with van der Waals surface area (Å²) >= 11 is 8.07. The molecule has 2 aromatic rings. The topological polar surface area (TPSA) is 39.4 Å². The first-order valence-electron chi connectivity index (χ1n) is 5.24. The predicted octanol–water partition coefficient (Wildman–Crippen LogP) is 3.79. The fraction of sp³-hybridized carbons (Fsp3) is 0.154. The largest absolute Gasteiger partial charge is 0.487 e. The van der Waals surface area contributed by atoms with Gasteiger partial charge in [-0.3, -0.25) is 0 Å². The highest BCUT2D eigenvalue weighted by Gasteiger charge is 2.10. The molecule has 3 nitrogen and oxygen atoms in total. The average Bonchev–Trinajstić information content (AvgIpc) is 2.33. The van der Waals surface area contributed by atoms with Crippen LogP contribution in [-0.4, -0.2) is 0 Å². The van der Waals surface area contributed by atoms with Gasteiger partial charge in [0.25, 0.3) is 0 Å². The Balaban J connectivity index is 2.21. The van der Waals surface area contributed by atoms with E-state index in [9.17, 15) is 4.79 Å². The minimum absolute atomic E-state index is 0.0217. The summed E-state index contributed by atoms with van der Waals surface area (Å²) in [6.07, 6.45) is 0. The van der Waals surface area contributed by atoms with Crippen molar-refractivity contribution in [2.45, 2.75) is 13.5 Å². The molecule has 5 heteroatoms. The first-order chi connectivity index (χ1) is 8.58. The third-order valence-electron chi connectivity index (χ3n) is 2.32. The number of ether oxygens (including phenoxy) is 1. The van der Waals surface area contributed by atoms with Gasteiger partial charge < -0.3 is 9.15 Å². The standard InChI is InChI=1S/C13H10ClIO3/c1-8-6-11(12(14)13(16)18-8)17-7-9-4-2-3-5-10(9)15/h2-6H,7H2,1H3. The molecule has 1 heterocycles. The van der Waals surface area contributed by atoms with Crippen LogP contribution in [0.15, 0.2) is 39.5 Å². The Morgan fingerprint density at radius 2 is 2.11 bits per heavy atom. The second-order valence-corrected chi connectivity index (χ2v) is 5.24. The molecule has 0 atom stereocenters. The van der Waals surface area contributed by atoms with Gasteiger partial charge in [-0.2, -0.15) is 0 Å². The highest BCUT2D eigenvalue weighted by molar-refractivity contribution is 14.1. The Bertz CT molecular complexity index is 622. The fourth-order valence-electron chi connectivity index (χ4n) is 1.45. The third kappa shape index (κ3) is 3.05.